The van der Waals surface area contributed by atoms with Gasteiger partial charge in [0.1, 0.15) is 12.4 Å². The molecule has 9 nitrogen and oxygen atoms in total. The molecule has 36 heavy (non-hydrogen) atoms. The number of anilines is 2. The number of likely N-dealkylation sites (N-methyl/N-ethyl adjacent to an activating group) is 1. The lowest BCUT2D eigenvalue weighted by Gasteiger charge is -2.19. The molecule has 10 heteroatoms. The highest BCUT2D eigenvalue weighted by molar-refractivity contribution is 7.91. The molecule has 1 aliphatic rings. The summed E-state index contributed by atoms with van der Waals surface area (Å²) >= 11 is 0. The van der Waals surface area contributed by atoms with E-state index in [2.05, 4.69) is 31.2 Å². The van der Waals surface area contributed by atoms with E-state index >= 15 is 0 Å². The third-order valence-corrected chi connectivity index (χ3v) is 7.33. The van der Waals surface area contributed by atoms with Crippen LogP contribution in [0.2, 0.25) is 0 Å². The van der Waals surface area contributed by atoms with Gasteiger partial charge in [0.05, 0.1) is 24.7 Å². The lowest BCUT2D eigenvalue weighted by atomic mass is 10.1. The number of sulfone groups is 1. The fourth-order valence-electron chi connectivity index (χ4n) is 3.68. The molecule has 0 spiro atoms. The standard InChI is InChI=1S/C26H31N5O4S/c1-3-36(32,33)13-12-35-25-7-6-23-15-22(25)18-31(2)10-4-5-11-34-19-20-14-21(17-27-16-20)24-8-9-28-26(29-23)30-24/h4-9,14-17H,3,10-13,18-19H2,1-2H3,(H,28,29,30)/b5-4+. The van der Waals surface area contributed by atoms with Crippen LogP contribution < -0.4 is 10.1 Å². The fourth-order valence-corrected chi connectivity index (χ4v) is 4.31. The van der Waals surface area contributed by atoms with Crippen LogP contribution >= 0.6 is 0 Å². The molecule has 1 aliphatic heterocycles. The molecule has 2 aromatic heterocycles. The van der Waals surface area contributed by atoms with E-state index in [4.69, 9.17) is 9.47 Å². The summed E-state index contributed by atoms with van der Waals surface area (Å²) < 4.78 is 35.4. The van der Waals surface area contributed by atoms with Gasteiger partial charge in [-0.3, -0.25) is 9.88 Å². The maximum Gasteiger partial charge on any atom is 0.227 e. The van der Waals surface area contributed by atoms with Gasteiger partial charge in [0.2, 0.25) is 5.95 Å². The van der Waals surface area contributed by atoms with Gasteiger partial charge in [0.25, 0.3) is 0 Å². The Labute approximate surface area is 212 Å². The molecule has 0 unspecified atom stereocenters. The molecule has 0 aliphatic carbocycles. The highest BCUT2D eigenvalue weighted by Crippen LogP contribution is 2.27. The molecule has 6 bridgehead atoms. The van der Waals surface area contributed by atoms with Crippen molar-refractivity contribution in [3.63, 3.8) is 0 Å². The summed E-state index contributed by atoms with van der Waals surface area (Å²) in [5, 5.41) is 3.28. The van der Waals surface area contributed by atoms with Gasteiger partial charge in [-0.2, -0.15) is 0 Å². The number of hydrogen-bond donors (Lipinski definition) is 1. The zero-order chi connectivity index (χ0) is 25.4. The molecular formula is C26H31N5O4S. The van der Waals surface area contributed by atoms with Crippen LogP contribution in [0, 0.1) is 0 Å². The first kappa shape index (κ1) is 25.7. The van der Waals surface area contributed by atoms with Gasteiger partial charge >= 0.3 is 0 Å². The number of hydrogen-bond acceptors (Lipinski definition) is 9. The number of aromatic nitrogens is 3. The maximum atomic E-state index is 11.9. The van der Waals surface area contributed by atoms with Crippen LogP contribution in [0.1, 0.15) is 18.1 Å². The lowest BCUT2D eigenvalue weighted by Crippen LogP contribution is -2.20. The summed E-state index contributed by atoms with van der Waals surface area (Å²) in [6.45, 7) is 4.02. The summed E-state index contributed by atoms with van der Waals surface area (Å²) in [6, 6.07) is 9.57. The van der Waals surface area contributed by atoms with Crippen molar-refractivity contribution in [2.75, 3.05) is 43.6 Å². The largest absolute Gasteiger partial charge is 0.492 e. The minimum Gasteiger partial charge on any atom is -0.492 e. The van der Waals surface area contributed by atoms with E-state index in [-0.39, 0.29) is 18.1 Å². The van der Waals surface area contributed by atoms with Crippen LogP contribution in [0.5, 0.6) is 5.75 Å². The summed E-state index contributed by atoms with van der Waals surface area (Å²) in [7, 11) is -1.09. The van der Waals surface area contributed by atoms with Crippen molar-refractivity contribution in [2.45, 2.75) is 20.1 Å². The van der Waals surface area contributed by atoms with E-state index in [1.807, 2.05) is 43.5 Å². The highest BCUT2D eigenvalue weighted by atomic mass is 32.2. The molecule has 1 aromatic carbocycles. The molecule has 3 heterocycles. The van der Waals surface area contributed by atoms with Gasteiger partial charge in [-0.1, -0.05) is 19.1 Å². The third kappa shape index (κ3) is 7.33. The number of ether oxygens (including phenoxy) is 2. The summed E-state index contributed by atoms with van der Waals surface area (Å²) in [4.78, 5) is 15.5. The van der Waals surface area contributed by atoms with Crippen molar-refractivity contribution in [3.05, 3.63) is 72.2 Å². The Morgan fingerprint density at radius 3 is 2.92 bits per heavy atom. The third-order valence-electron chi connectivity index (χ3n) is 5.66. The van der Waals surface area contributed by atoms with Crippen LogP contribution in [-0.2, 0) is 27.7 Å². The second-order valence-corrected chi connectivity index (χ2v) is 11.0. The fraction of sp³-hybridized carbons (Fsp3) is 0.346. The second kappa shape index (κ2) is 12.1. The van der Waals surface area contributed by atoms with Gasteiger partial charge in [-0.25, -0.2) is 18.4 Å². The normalized spacial score (nSPS) is 15.8. The van der Waals surface area contributed by atoms with E-state index in [0.717, 1.165) is 28.1 Å². The van der Waals surface area contributed by atoms with E-state index < -0.39 is 9.84 Å². The molecule has 0 radical (unpaired) electrons. The van der Waals surface area contributed by atoms with Crippen LogP contribution in [-0.4, -0.2) is 66.6 Å². The van der Waals surface area contributed by atoms with Gasteiger partial charge in [-0.05, 0) is 42.9 Å². The summed E-state index contributed by atoms with van der Waals surface area (Å²) in [5.74, 6) is 1.20. The number of rotatable bonds is 5. The zero-order valence-electron chi connectivity index (χ0n) is 20.6. The average molecular weight is 510 g/mol. The second-order valence-electron chi connectivity index (χ2n) is 8.56. The van der Waals surface area contributed by atoms with Gasteiger partial charge in [0.15, 0.2) is 9.84 Å². The number of benzene rings is 1. The quantitative estimate of drug-likeness (QED) is 0.516. The molecule has 3 aromatic rings. The van der Waals surface area contributed by atoms with Crippen LogP contribution in [0.15, 0.2) is 61.1 Å². The van der Waals surface area contributed by atoms with E-state index in [9.17, 15) is 8.42 Å². The Bertz CT molecular complexity index is 1310. The van der Waals surface area contributed by atoms with Crippen molar-refractivity contribution >= 4 is 21.5 Å². The van der Waals surface area contributed by atoms with Crippen molar-refractivity contribution in [1.82, 2.24) is 19.9 Å². The van der Waals surface area contributed by atoms with Gasteiger partial charge in [-0.15, -0.1) is 0 Å². The molecule has 0 atom stereocenters. The maximum absolute atomic E-state index is 11.9. The average Bonchev–Trinajstić information content (AvgIpc) is 2.87. The Morgan fingerprint density at radius 1 is 1.17 bits per heavy atom. The monoisotopic (exact) mass is 509 g/mol. The number of pyridine rings is 1. The zero-order valence-corrected chi connectivity index (χ0v) is 21.4. The molecule has 4 rings (SSSR count). The Hall–Kier alpha value is -3.34. The summed E-state index contributed by atoms with van der Waals surface area (Å²) in [5.41, 5.74) is 4.33. The van der Waals surface area contributed by atoms with Gasteiger partial charge < -0.3 is 14.8 Å². The number of fused-ring (bicyclic) bond motifs is 7. The minimum absolute atomic E-state index is 0.0157. The predicted molar refractivity (Wildman–Crippen MR) is 140 cm³/mol. The first-order chi connectivity index (χ1) is 17.4. The van der Waals surface area contributed by atoms with Crippen LogP contribution in [0.3, 0.4) is 0 Å². The van der Waals surface area contributed by atoms with Crippen molar-refractivity contribution in [2.24, 2.45) is 0 Å². The first-order valence-corrected chi connectivity index (χ1v) is 13.7. The lowest BCUT2D eigenvalue weighted by molar-refractivity contribution is 0.148. The molecule has 0 amide bonds. The first-order valence-electron chi connectivity index (χ1n) is 11.8. The van der Waals surface area contributed by atoms with Crippen molar-refractivity contribution in [1.29, 1.82) is 0 Å². The smallest absolute Gasteiger partial charge is 0.227 e. The van der Waals surface area contributed by atoms with E-state index in [1.54, 1.807) is 25.5 Å². The SMILES string of the molecule is CCS(=O)(=O)CCOc1ccc2cc1CN(C)C/C=C/COCc1cncc(c1)-c1ccnc(n1)N2. The van der Waals surface area contributed by atoms with E-state index in [1.165, 1.54) is 0 Å². The topological polar surface area (TPSA) is 107 Å². The van der Waals surface area contributed by atoms with Crippen molar-refractivity contribution in [3.8, 4) is 17.0 Å². The molecule has 0 fully saturated rings. The Balaban J connectivity index is 1.63. The minimum atomic E-state index is -3.10. The molecule has 0 saturated carbocycles. The Kier molecular flexibility index (Phi) is 8.63. The van der Waals surface area contributed by atoms with Crippen LogP contribution in [0.25, 0.3) is 11.3 Å². The molecule has 190 valence electrons. The van der Waals surface area contributed by atoms with Gasteiger partial charge in [0, 0.05) is 54.2 Å². The molecular weight excluding hydrogens is 478 g/mol. The highest BCUT2D eigenvalue weighted by Gasteiger charge is 2.13. The Morgan fingerprint density at radius 2 is 2.06 bits per heavy atom. The van der Waals surface area contributed by atoms with E-state index in [0.29, 0.717) is 38.0 Å². The molecule has 1 N–H and O–H groups in total. The number of nitrogens with one attached hydrogen (secondary N) is 1. The number of nitrogens with zero attached hydrogens (tertiary/aromatic N) is 4. The summed E-state index contributed by atoms with van der Waals surface area (Å²) in [6.07, 6.45) is 9.33. The predicted octanol–water partition coefficient (Wildman–Crippen LogP) is 3.61. The van der Waals surface area contributed by atoms with Crippen LogP contribution in [0.4, 0.5) is 11.6 Å². The molecule has 0 saturated heterocycles. The van der Waals surface area contributed by atoms with Crippen molar-refractivity contribution < 1.29 is 17.9 Å².